The van der Waals surface area contributed by atoms with Crippen LogP contribution in [0.25, 0.3) is 0 Å². The quantitative estimate of drug-likeness (QED) is 0.551. The van der Waals surface area contributed by atoms with Gasteiger partial charge in [-0.2, -0.15) is 0 Å². The lowest BCUT2D eigenvalue weighted by atomic mass is 9.95. The zero-order chi connectivity index (χ0) is 20.8. The minimum absolute atomic E-state index is 0.113. The molecule has 0 aliphatic rings. The summed E-state index contributed by atoms with van der Waals surface area (Å²) < 4.78 is 10.8. The molecule has 0 aromatic heterocycles. The fourth-order valence-corrected chi connectivity index (χ4v) is 3.32. The van der Waals surface area contributed by atoms with Crippen molar-refractivity contribution in [3.8, 4) is 23.0 Å². The van der Waals surface area contributed by atoms with Crippen LogP contribution >= 0.6 is 0 Å². The SMILES string of the molecule is COc1cc(OC)c(C(=O)CCc2ccccc2)c(O)c1Cc1ccccc1O. The predicted octanol–water partition coefficient (Wildman–Crippen LogP) is 4.52. The molecule has 5 heteroatoms. The summed E-state index contributed by atoms with van der Waals surface area (Å²) in [4.78, 5) is 13.0. The molecule has 3 aromatic carbocycles. The van der Waals surface area contributed by atoms with Crippen molar-refractivity contribution in [1.82, 2.24) is 0 Å². The number of hydrogen-bond acceptors (Lipinski definition) is 5. The van der Waals surface area contributed by atoms with Crippen molar-refractivity contribution in [3.63, 3.8) is 0 Å². The molecule has 0 unspecified atom stereocenters. The molecule has 29 heavy (non-hydrogen) atoms. The largest absolute Gasteiger partial charge is 0.508 e. The number of phenolic OH excluding ortho intramolecular Hbond substituents is 2. The van der Waals surface area contributed by atoms with Gasteiger partial charge in [-0.05, 0) is 23.6 Å². The highest BCUT2D eigenvalue weighted by molar-refractivity contribution is 6.02. The summed E-state index contributed by atoms with van der Waals surface area (Å²) in [5, 5.41) is 21.1. The lowest BCUT2D eigenvalue weighted by Crippen LogP contribution is -2.07. The van der Waals surface area contributed by atoms with Gasteiger partial charge in [0.1, 0.15) is 28.6 Å². The minimum Gasteiger partial charge on any atom is -0.508 e. The molecule has 3 rings (SSSR count). The smallest absolute Gasteiger partial charge is 0.170 e. The highest BCUT2D eigenvalue weighted by Gasteiger charge is 2.24. The molecule has 0 aliphatic carbocycles. The maximum atomic E-state index is 13.0. The van der Waals surface area contributed by atoms with Gasteiger partial charge in [0, 0.05) is 24.5 Å². The van der Waals surface area contributed by atoms with E-state index in [2.05, 4.69) is 0 Å². The Bertz CT molecular complexity index is 996. The number of phenols is 2. The number of aryl methyl sites for hydroxylation is 1. The Balaban J connectivity index is 1.97. The van der Waals surface area contributed by atoms with Crippen molar-refractivity contribution in [3.05, 3.63) is 82.9 Å². The van der Waals surface area contributed by atoms with Crippen LogP contribution in [-0.2, 0) is 12.8 Å². The van der Waals surface area contributed by atoms with Crippen LogP contribution in [0.2, 0.25) is 0 Å². The Morgan fingerprint density at radius 2 is 1.55 bits per heavy atom. The molecule has 0 amide bonds. The fourth-order valence-electron chi connectivity index (χ4n) is 3.32. The van der Waals surface area contributed by atoms with Crippen molar-refractivity contribution >= 4 is 5.78 Å². The number of carbonyl (C=O) groups is 1. The number of methoxy groups -OCH3 is 2. The van der Waals surface area contributed by atoms with Crippen LogP contribution in [0.15, 0.2) is 60.7 Å². The van der Waals surface area contributed by atoms with Crippen molar-refractivity contribution in [2.24, 2.45) is 0 Å². The monoisotopic (exact) mass is 392 g/mol. The average molecular weight is 392 g/mol. The zero-order valence-corrected chi connectivity index (χ0v) is 16.5. The van der Waals surface area contributed by atoms with E-state index in [1.165, 1.54) is 14.2 Å². The normalized spacial score (nSPS) is 10.6. The average Bonchev–Trinajstić information content (AvgIpc) is 2.75. The number of rotatable bonds is 8. The third-order valence-electron chi connectivity index (χ3n) is 4.89. The molecule has 0 heterocycles. The molecular weight excluding hydrogens is 368 g/mol. The number of Topliss-reactive ketones (excluding diaryl/α,β-unsaturated/α-hetero) is 1. The van der Waals surface area contributed by atoms with Crippen LogP contribution < -0.4 is 9.47 Å². The molecule has 0 aliphatic heterocycles. The van der Waals surface area contributed by atoms with E-state index < -0.39 is 0 Å². The first-order valence-electron chi connectivity index (χ1n) is 9.36. The van der Waals surface area contributed by atoms with Crippen LogP contribution in [0.3, 0.4) is 0 Å². The highest BCUT2D eigenvalue weighted by Crippen LogP contribution is 2.41. The first-order valence-corrected chi connectivity index (χ1v) is 9.36. The van der Waals surface area contributed by atoms with Crippen molar-refractivity contribution in [2.45, 2.75) is 19.3 Å². The van der Waals surface area contributed by atoms with Gasteiger partial charge in [-0.25, -0.2) is 0 Å². The maximum Gasteiger partial charge on any atom is 0.170 e. The molecule has 0 atom stereocenters. The molecule has 2 N–H and O–H groups in total. The first-order chi connectivity index (χ1) is 14.0. The Kier molecular flexibility index (Phi) is 6.39. The van der Waals surface area contributed by atoms with Crippen molar-refractivity contribution in [2.75, 3.05) is 14.2 Å². The second kappa shape index (κ2) is 9.15. The molecular formula is C24H24O5. The molecule has 0 spiro atoms. The summed E-state index contributed by atoms with van der Waals surface area (Å²) >= 11 is 0. The number of hydrogen-bond donors (Lipinski definition) is 2. The summed E-state index contributed by atoms with van der Waals surface area (Å²) in [5.74, 6) is 0.370. The Morgan fingerprint density at radius 3 is 2.21 bits per heavy atom. The third-order valence-corrected chi connectivity index (χ3v) is 4.89. The van der Waals surface area contributed by atoms with Gasteiger partial charge in [0.2, 0.25) is 0 Å². The van der Waals surface area contributed by atoms with Gasteiger partial charge in [-0.1, -0.05) is 48.5 Å². The van der Waals surface area contributed by atoms with E-state index in [-0.39, 0.29) is 41.4 Å². The van der Waals surface area contributed by atoms with Crippen LogP contribution in [-0.4, -0.2) is 30.2 Å². The Labute approximate surface area is 170 Å². The number of ketones is 1. The van der Waals surface area contributed by atoms with E-state index in [0.29, 0.717) is 23.3 Å². The van der Waals surface area contributed by atoms with Gasteiger partial charge in [-0.15, -0.1) is 0 Å². The van der Waals surface area contributed by atoms with Crippen molar-refractivity contribution in [1.29, 1.82) is 0 Å². The summed E-state index contributed by atoms with van der Waals surface area (Å²) in [6.07, 6.45) is 1.00. The molecule has 5 nitrogen and oxygen atoms in total. The van der Waals surface area contributed by atoms with E-state index in [4.69, 9.17) is 9.47 Å². The van der Waals surface area contributed by atoms with Crippen LogP contribution in [0.5, 0.6) is 23.0 Å². The maximum absolute atomic E-state index is 13.0. The Hall–Kier alpha value is -3.47. The van der Waals surface area contributed by atoms with E-state index >= 15 is 0 Å². The molecule has 3 aromatic rings. The number of benzene rings is 3. The summed E-state index contributed by atoms with van der Waals surface area (Å²) in [6.45, 7) is 0. The second-order valence-electron chi connectivity index (χ2n) is 6.70. The predicted molar refractivity (Wildman–Crippen MR) is 111 cm³/mol. The number of ether oxygens (including phenoxy) is 2. The molecule has 0 radical (unpaired) electrons. The van der Waals surface area contributed by atoms with Crippen molar-refractivity contribution < 1.29 is 24.5 Å². The summed E-state index contributed by atoms with van der Waals surface area (Å²) in [6, 6.07) is 18.2. The summed E-state index contributed by atoms with van der Waals surface area (Å²) in [7, 11) is 2.93. The number of aromatic hydroxyl groups is 2. The topological polar surface area (TPSA) is 76.0 Å². The van der Waals surface area contributed by atoms with E-state index in [9.17, 15) is 15.0 Å². The second-order valence-corrected chi connectivity index (χ2v) is 6.70. The summed E-state index contributed by atoms with van der Waals surface area (Å²) in [5.41, 5.74) is 2.23. The fraction of sp³-hybridized carbons (Fsp3) is 0.208. The first kappa shape index (κ1) is 20.3. The van der Waals surface area contributed by atoms with Crippen LogP contribution in [0, 0.1) is 0 Å². The molecule has 150 valence electrons. The standard InChI is InChI=1S/C24H24O5/c1-28-21-15-22(29-2)23(20(26)13-12-16-8-4-3-5-9-16)24(27)18(21)14-17-10-6-7-11-19(17)25/h3-11,15,25,27H,12-14H2,1-2H3. The minimum atomic E-state index is -0.218. The number of para-hydroxylation sites is 1. The van der Waals surface area contributed by atoms with E-state index in [1.54, 1.807) is 30.3 Å². The van der Waals surface area contributed by atoms with Gasteiger partial charge >= 0.3 is 0 Å². The van der Waals surface area contributed by atoms with Crippen LogP contribution in [0.4, 0.5) is 0 Å². The molecule has 0 bridgehead atoms. The van der Waals surface area contributed by atoms with E-state index in [0.717, 1.165) is 5.56 Å². The van der Waals surface area contributed by atoms with Gasteiger partial charge < -0.3 is 19.7 Å². The molecule has 0 saturated carbocycles. The molecule has 0 saturated heterocycles. The van der Waals surface area contributed by atoms with E-state index in [1.807, 2.05) is 30.3 Å². The molecule has 0 fully saturated rings. The van der Waals surface area contributed by atoms with Gasteiger partial charge in [0.15, 0.2) is 5.78 Å². The third kappa shape index (κ3) is 4.51. The lowest BCUT2D eigenvalue weighted by Gasteiger charge is -2.17. The van der Waals surface area contributed by atoms with Gasteiger partial charge in [0.05, 0.1) is 14.2 Å². The van der Waals surface area contributed by atoms with Crippen LogP contribution in [0.1, 0.15) is 33.5 Å². The van der Waals surface area contributed by atoms with Gasteiger partial charge in [0.25, 0.3) is 0 Å². The lowest BCUT2D eigenvalue weighted by molar-refractivity contribution is 0.0977. The Morgan fingerprint density at radius 1 is 0.897 bits per heavy atom. The van der Waals surface area contributed by atoms with Gasteiger partial charge in [-0.3, -0.25) is 4.79 Å². The number of carbonyl (C=O) groups excluding carboxylic acids is 1. The zero-order valence-electron chi connectivity index (χ0n) is 16.5. The highest BCUT2D eigenvalue weighted by atomic mass is 16.5.